The van der Waals surface area contributed by atoms with Crippen molar-refractivity contribution in [2.75, 3.05) is 7.11 Å². The van der Waals surface area contributed by atoms with Crippen LogP contribution in [0.1, 0.15) is 30.4 Å². The van der Waals surface area contributed by atoms with E-state index in [1.807, 2.05) is 12.1 Å². The number of aryl methyl sites for hydroxylation is 1. The molecule has 2 aliphatic rings. The maximum Gasteiger partial charge on any atom is 0.308 e. The number of carboxylic acid groups (broad SMARTS) is 1. The maximum atomic E-state index is 11.3. The zero-order chi connectivity index (χ0) is 14.3. The van der Waals surface area contributed by atoms with Crippen LogP contribution in [0.4, 0.5) is 0 Å². The van der Waals surface area contributed by atoms with Crippen LogP contribution in [0, 0.1) is 12.8 Å². The Morgan fingerprint density at radius 2 is 2.25 bits per heavy atom. The second-order valence-corrected chi connectivity index (χ2v) is 5.97. The summed E-state index contributed by atoms with van der Waals surface area (Å²) >= 11 is 0. The zero-order valence-corrected chi connectivity index (χ0v) is 12.0. The molecule has 1 N–H and O–H groups in total. The third-order valence-electron chi connectivity index (χ3n) is 4.79. The Kier molecular flexibility index (Phi) is 3.42. The Hall–Kier alpha value is -1.55. The SMILES string of the molecule is COc1ccc(C)cc1CN1C2CCC1C(C(=O)O)C2. The fourth-order valence-corrected chi connectivity index (χ4v) is 3.84. The summed E-state index contributed by atoms with van der Waals surface area (Å²) in [5, 5.41) is 9.31. The molecule has 0 saturated carbocycles. The molecular formula is C16H21NO3. The minimum absolute atomic E-state index is 0.190. The standard InChI is InChI=1S/C16H21NO3/c1-10-3-6-15(20-2)11(7-10)9-17-12-4-5-14(17)13(8-12)16(18)19/h3,6-7,12-14H,4-5,8-9H2,1-2H3,(H,18,19). The van der Waals surface area contributed by atoms with Crippen LogP contribution in [-0.2, 0) is 11.3 Å². The number of methoxy groups -OCH3 is 1. The average Bonchev–Trinajstić information content (AvgIpc) is 2.96. The smallest absolute Gasteiger partial charge is 0.308 e. The summed E-state index contributed by atoms with van der Waals surface area (Å²) in [7, 11) is 1.69. The van der Waals surface area contributed by atoms with Crippen molar-refractivity contribution in [2.24, 2.45) is 5.92 Å². The highest BCUT2D eigenvalue weighted by atomic mass is 16.5. The van der Waals surface area contributed by atoms with Gasteiger partial charge in [-0.05, 0) is 32.3 Å². The van der Waals surface area contributed by atoms with Gasteiger partial charge in [-0.1, -0.05) is 17.7 Å². The molecule has 2 heterocycles. The van der Waals surface area contributed by atoms with Crippen molar-refractivity contribution in [1.29, 1.82) is 0 Å². The maximum absolute atomic E-state index is 11.3. The van der Waals surface area contributed by atoms with Crippen LogP contribution in [-0.4, -0.2) is 35.2 Å². The van der Waals surface area contributed by atoms with E-state index in [0.29, 0.717) is 6.04 Å². The first-order valence-electron chi connectivity index (χ1n) is 7.22. The van der Waals surface area contributed by atoms with E-state index >= 15 is 0 Å². The average molecular weight is 275 g/mol. The van der Waals surface area contributed by atoms with Gasteiger partial charge in [-0.15, -0.1) is 0 Å². The van der Waals surface area contributed by atoms with E-state index in [9.17, 15) is 9.90 Å². The fourth-order valence-electron chi connectivity index (χ4n) is 3.84. The van der Waals surface area contributed by atoms with Crippen molar-refractivity contribution in [2.45, 2.75) is 44.8 Å². The third-order valence-corrected chi connectivity index (χ3v) is 4.79. The molecule has 4 heteroatoms. The number of nitrogens with zero attached hydrogens (tertiary/aromatic N) is 1. The van der Waals surface area contributed by atoms with Gasteiger partial charge in [-0.3, -0.25) is 9.69 Å². The van der Waals surface area contributed by atoms with E-state index in [1.54, 1.807) is 7.11 Å². The van der Waals surface area contributed by atoms with Crippen molar-refractivity contribution < 1.29 is 14.6 Å². The van der Waals surface area contributed by atoms with Gasteiger partial charge in [0.25, 0.3) is 0 Å². The highest BCUT2D eigenvalue weighted by molar-refractivity contribution is 5.71. The van der Waals surface area contributed by atoms with Gasteiger partial charge in [0.15, 0.2) is 0 Å². The first kappa shape index (κ1) is 13.4. The molecule has 1 aromatic rings. The summed E-state index contributed by atoms with van der Waals surface area (Å²) in [6, 6.07) is 6.80. The van der Waals surface area contributed by atoms with Crippen LogP contribution in [0.15, 0.2) is 18.2 Å². The number of benzene rings is 1. The van der Waals surface area contributed by atoms with Gasteiger partial charge in [0.2, 0.25) is 0 Å². The summed E-state index contributed by atoms with van der Waals surface area (Å²) < 4.78 is 5.43. The van der Waals surface area contributed by atoms with Gasteiger partial charge in [0, 0.05) is 24.2 Å². The number of hydrogen-bond acceptors (Lipinski definition) is 3. The lowest BCUT2D eigenvalue weighted by Gasteiger charge is -2.24. The Labute approximate surface area is 119 Å². The normalized spacial score (nSPS) is 28.8. The quantitative estimate of drug-likeness (QED) is 0.917. The zero-order valence-electron chi connectivity index (χ0n) is 12.0. The molecule has 0 radical (unpaired) electrons. The lowest BCUT2D eigenvalue weighted by Crippen LogP contribution is -2.32. The van der Waals surface area contributed by atoms with Crippen LogP contribution in [0.2, 0.25) is 0 Å². The Morgan fingerprint density at radius 3 is 2.90 bits per heavy atom. The number of hydrogen-bond donors (Lipinski definition) is 1. The molecule has 0 spiro atoms. The molecule has 0 amide bonds. The van der Waals surface area contributed by atoms with Gasteiger partial charge in [0.1, 0.15) is 5.75 Å². The molecule has 108 valence electrons. The molecule has 2 fully saturated rings. The number of carboxylic acids is 1. The van der Waals surface area contributed by atoms with E-state index in [2.05, 4.69) is 17.9 Å². The minimum Gasteiger partial charge on any atom is -0.496 e. The highest BCUT2D eigenvalue weighted by Gasteiger charge is 2.49. The van der Waals surface area contributed by atoms with Gasteiger partial charge in [-0.25, -0.2) is 0 Å². The lowest BCUT2D eigenvalue weighted by molar-refractivity contribution is -0.142. The number of carbonyl (C=O) groups is 1. The molecule has 3 atom stereocenters. The van der Waals surface area contributed by atoms with Crippen LogP contribution < -0.4 is 4.74 Å². The minimum atomic E-state index is -0.640. The Balaban J connectivity index is 1.82. The number of ether oxygens (including phenoxy) is 1. The van der Waals surface area contributed by atoms with Gasteiger partial charge in [0.05, 0.1) is 13.0 Å². The molecule has 0 aromatic heterocycles. The first-order chi connectivity index (χ1) is 9.60. The molecule has 3 rings (SSSR count). The van der Waals surface area contributed by atoms with E-state index in [4.69, 9.17) is 4.74 Å². The number of rotatable bonds is 4. The molecule has 0 aliphatic carbocycles. The lowest BCUT2D eigenvalue weighted by atomic mass is 9.89. The predicted octanol–water partition coefficient (Wildman–Crippen LogP) is 2.44. The predicted molar refractivity (Wildman–Crippen MR) is 75.8 cm³/mol. The summed E-state index contributed by atoms with van der Waals surface area (Å²) in [5.74, 6) is 0.0664. The first-order valence-corrected chi connectivity index (χ1v) is 7.22. The number of aliphatic carboxylic acids is 1. The molecule has 2 bridgehead atoms. The Bertz CT molecular complexity index is 528. The molecular weight excluding hydrogens is 254 g/mol. The van der Waals surface area contributed by atoms with Crippen molar-refractivity contribution in [3.63, 3.8) is 0 Å². The van der Waals surface area contributed by atoms with Crippen molar-refractivity contribution >= 4 is 5.97 Å². The topological polar surface area (TPSA) is 49.8 Å². The van der Waals surface area contributed by atoms with Crippen LogP contribution >= 0.6 is 0 Å². The van der Waals surface area contributed by atoms with Crippen molar-refractivity contribution in [1.82, 2.24) is 4.90 Å². The molecule has 2 saturated heterocycles. The summed E-state index contributed by atoms with van der Waals surface area (Å²) in [6.45, 7) is 2.87. The van der Waals surface area contributed by atoms with E-state index < -0.39 is 5.97 Å². The second kappa shape index (κ2) is 5.09. The molecule has 20 heavy (non-hydrogen) atoms. The third kappa shape index (κ3) is 2.18. The van der Waals surface area contributed by atoms with Crippen LogP contribution in [0.5, 0.6) is 5.75 Å². The molecule has 4 nitrogen and oxygen atoms in total. The van der Waals surface area contributed by atoms with Crippen LogP contribution in [0.3, 0.4) is 0 Å². The molecule has 2 aliphatic heterocycles. The fraction of sp³-hybridized carbons (Fsp3) is 0.562. The summed E-state index contributed by atoms with van der Waals surface area (Å²) in [6.07, 6.45) is 2.94. The van der Waals surface area contributed by atoms with Crippen molar-refractivity contribution in [3.8, 4) is 5.75 Å². The van der Waals surface area contributed by atoms with Gasteiger partial charge >= 0.3 is 5.97 Å². The summed E-state index contributed by atoms with van der Waals surface area (Å²) in [5.41, 5.74) is 2.37. The molecule has 3 unspecified atom stereocenters. The molecule has 1 aromatic carbocycles. The Morgan fingerprint density at radius 1 is 1.45 bits per heavy atom. The van der Waals surface area contributed by atoms with Crippen molar-refractivity contribution in [3.05, 3.63) is 29.3 Å². The van der Waals surface area contributed by atoms with Gasteiger partial charge < -0.3 is 9.84 Å². The van der Waals surface area contributed by atoms with Crippen LogP contribution in [0.25, 0.3) is 0 Å². The largest absolute Gasteiger partial charge is 0.496 e. The number of fused-ring (bicyclic) bond motifs is 2. The monoisotopic (exact) mass is 275 g/mol. The highest BCUT2D eigenvalue weighted by Crippen LogP contribution is 2.43. The van der Waals surface area contributed by atoms with E-state index in [-0.39, 0.29) is 12.0 Å². The second-order valence-electron chi connectivity index (χ2n) is 5.97. The van der Waals surface area contributed by atoms with Gasteiger partial charge in [-0.2, -0.15) is 0 Å². The van der Waals surface area contributed by atoms with E-state index in [1.165, 1.54) is 5.56 Å². The van der Waals surface area contributed by atoms with E-state index in [0.717, 1.165) is 37.1 Å². The summed E-state index contributed by atoms with van der Waals surface area (Å²) in [4.78, 5) is 13.7.